The Bertz CT molecular complexity index is 382. The molecule has 86 valence electrons. The average Bonchev–Trinajstić information content (AvgIpc) is 2.30. The molecular formula is C14H18O2. The average molecular weight is 218 g/mol. The van der Waals surface area contributed by atoms with Crippen molar-refractivity contribution in [2.75, 3.05) is 6.61 Å². The lowest BCUT2D eigenvalue weighted by Gasteiger charge is -2.17. The Morgan fingerprint density at radius 2 is 2.31 bits per heavy atom. The van der Waals surface area contributed by atoms with Gasteiger partial charge in [0.25, 0.3) is 0 Å². The molecule has 16 heavy (non-hydrogen) atoms. The van der Waals surface area contributed by atoms with E-state index >= 15 is 0 Å². The van der Waals surface area contributed by atoms with Crippen molar-refractivity contribution in [2.45, 2.75) is 32.3 Å². The second-order valence-electron chi connectivity index (χ2n) is 4.11. The fraction of sp³-hybridized carbons (Fsp3) is 0.429. The lowest BCUT2D eigenvalue weighted by atomic mass is 9.92. The van der Waals surface area contributed by atoms with Crippen molar-refractivity contribution in [1.82, 2.24) is 0 Å². The molecule has 0 fully saturated rings. The number of allylic oxidation sites excluding steroid dienone is 1. The number of aliphatic hydroxyl groups excluding tert-OH is 1. The molecule has 1 aromatic carbocycles. The molecule has 0 bridgehead atoms. The van der Waals surface area contributed by atoms with Gasteiger partial charge in [0, 0.05) is 0 Å². The third kappa shape index (κ3) is 2.64. The van der Waals surface area contributed by atoms with Crippen molar-refractivity contribution < 1.29 is 9.84 Å². The lowest BCUT2D eigenvalue weighted by molar-refractivity contribution is 0.206. The van der Waals surface area contributed by atoms with E-state index in [4.69, 9.17) is 4.74 Å². The summed E-state index contributed by atoms with van der Waals surface area (Å²) in [7, 11) is 0. The molecule has 0 amide bonds. The molecule has 0 aliphatic heterocycles. The van der Waals surface area contributed by atoms with Gasteiger partial charge >= 0.3 is 0 Å². The molecule has 0 heterocycles. The molecule has 1 atom stereocenters. The molecule has 0 saturated carbocycles. The molecule has 0 radical (unpaired) electrons. The number of aliphatic hydroxyl groups is 1. The van der Waals surface area contributed by atoms with E-state index in [0.29, 0.717) is 6.61 Å². The fourth-order valence-corrected chi connectivity index (χ4v) is 2.09. The quantitative estimate of drug-likeness (QED) is 0.845. The van der Waals surface area contributed by atoms with Gasteiger partial charge in [-0.15, -0.1) is 0 Å². The highest BCUT2D eigenvalue weighted by Gasteiger charge is 2.12. The minimum absolute atomic E-state index is 0.278. The SMILES string of the molecule is CCOc1cccc(C2=CC(O)CCC2)c1. The van der Waals surface area contributed by atoms with E-state index < -0.39 is 0 Å². The highest BCUT2D eigenvalue weighted by Crippen LogP contribution is 2.28. The van der Waals surface area contributed by atoms with E-state index in [1.165, 1.54) is 11.1 Å². The molecule has 1 aromatic rings. The first kappa shape index (κ1) is 11.2. The van der Waals surface area contributed by atoms with Crippen LogP contribution in [0.4, 0.5) is 0 Å². The molecule has 1 N–H and O–H groups in total. The Kier molecular flexibility index (Phi) is 3.62. The van der Waals surface area contributed by atoms with Crippen LogP contribution in [0.1, 0.15) is 31.7 Å². The first-order valence-electron chi connectivity index (χ1n) is 5.91. The minimum Gasteiger partial charge on any atom is -0.494 e. The van der Waals surface area contributed by atoms with Gasteiger partial charge in [-0.05, 0) is 49.5 Å². The molecule has 0 aromatic heterocycles. The molecule has 2 rings (SSSR count). The second kappa shape index (κ2) is 5.17. The van der Waals surface area contributed by atoms with Crippen molar-refractivity contribution in [3.63, 3.8) is 0 Å². The summed E-state index contributed by atoms with van der Waals surface area (Å²) in [4.78, 5) is 0. The van der Waals surface area contributed by atoms with Gasteiger partial charge < -0.3 is 9.84 Å². The Hall–Kier alpha value is -1.28. The molecule has 0 spiro atoms. The maximum Gasteiger partial charge on any atom is 0.119 e. The van der Waals surface area contributed by atoms with E-state index in [2.05, 4.69) is 6.07 Å². The van der Waals surface area contributed by atoms with Gasteiger partial charge in [-0.2, -0.15) is 0 Å². The van der Waals surface area contributed by atoms with E-state index in [0.717, 1.165) is 25.0 Å². The zero-order chi connectivity index (χ0) is 11.4. The zero-order valence-electron chi connectivity index (χ0n) is 9.65. The monoisotopic (exact) mass is 218 g/mol. The van der Waals surface area contributed by atoms with Crippen LogP contribution in [0.25, 0.3) is 5.57 Å². The van der Waals surface area contributed by atoms with Gasteiger partial charge in [0.2, 0.25) is 0 Å². The predicted octanol–water partition coefficient (Wildman–Crippen LogP) is 3.01. The summed E-state index contributed by atoms with van der Waals surface area (Å²) in [6.07, 6.45) is 4.68. The summed E-state index contributed by atoms with van der Waals surface area (Å²) >= 11 is 0. The molecule has 0 saturated heterocycles. The van der Waals surface area contributed by atoms with Crippen LogP contribution in [-0.2, 0) is 0 Å². The summed E-state index contributed by atoms with van der Waals surface area (Å²) in [5.74, 6) is 0.904. The largest absolute Gasteiger partial charge is 0.494 e. The van der Waals surface area contributed by atoms with Crippen molar-refractivity contribution >= 4 is 5.57 Å². The smallest absolute Gasteiger partial charge is 0.119 e. The zero-order valence-corrected chi connectivity index (χ0v) is 9.65. The normalized spacial score (nSPS) is 20.4. The van der Waals surface area contributed by atoms with Crippen LogP contribution in [0.15, 0.2) is 30.3 Å². The van der Waals surface area contributed by atoms with Crippen LogP contribution in [0.2, 0.25) is 0 Å². The highest BCUT2D eigenvalue weighted by atomic mass is 16.5. The topological polar surface area (TPSA) is 29.5 Å². The summed E-state index contributed by atoms with van der Waals surface area (Å²) in [6, 6.07) is 8.09. The van der Waals surface area contributed by atoms with Crippen LogP contribution in [0.3, 0.4) is 0 Å². The van der Waals surface area contributed by atoms with E-state index in [9.17, 15) is 5.11 Å². The maximum absolute atomic E-state index is 9.61. The van der Waals surface area contributed by atoms with Crippen LogP contribution in [0, 0.1) is 0 Å². The van der Waals surface area contributed by atoms with Gasteiger partial charge in [-0.25, -0.2) is 0 Å². The van der Waals surface area contributed by atoms with Gasteiger partial charge in [0.15, 0.2) is 0 Å². The number of hydrogen-bond acceptors (Lipinski definition) is 2. The summed E-state index contributed by atoms with van der Waals surface area (Å²) in [5, 5.41) is 9.61. The van der Waals surface area contributed by atoms with Crippen molar-refractivity contribution in [1.29, 1.82) is 0 Å². The molecule has 1 aliphatic rings. The standard InChI is InChI=1S/C14H18O2/c1-2-16-14-8-4-6-12(10-14)11-5-3-7-13(15)9-11/h4,6,8-10,13,15H,2-3,5,7H2,1H3. The molecule has 2 heteroatoms. The van der Waals surface area contributed by atoms with Crippen molar-refractivity contribution in [3.05, 3.63) is 35.9 Å². The second-order valence-corrected chi connectivity index (χ2v) is 4.11. The number of rotatable bonds is 3. The van der Waals surface area contributed by atoms with E-state index in [-0.39, 0.29) is 6.10 Å². The fourth-order valence-electron chi connectivity index (χ4n) is 2.09. The number of hydrogen-bond donors (Lipinski definition) is 1. The Labute approximate surface area is 96.6 Å². The first-order chi connectivity index (χ1) is 7.79. The number of benzene rings is 1. The van der Waals surface area contributed by atoms with Crippen LogP contribution >= 0.6 is 0 Å². The Morgan fingerprint density at radius 1 is 1.44 bits per heavy atom. The van der Waals surface area contributed by atoms with E-state index in [1.54, 1.807) is 0 Å². The third-order valence-electron chi connectivity index (χ3n) is 2.86. The Morgan fingerprint density at radius 3 is 3.06 bits per heavy atom. The predicted molar refractivity (Wildman–Crippen MR) is 65.4 cm³/mol. The Balaban J connectivity index is 2.22. The third-order valence-corrected chi connectivity index (χ3v) is 2.86. The maximum atomic E-state index is 9.61. The summed E-state index contributed by atoms with van der Waals surface area (Å²) < 4.78 is 5.47. The van der Waals surface area contributed by atoms with Gasteiger partial charge in [0.1, 0.15) is 5.75 Å². The number of ether oxygens (including phenoxy) is 1. The van der Waals surface area contributed by atoms with Gasteiger partial charge in [0.05, 0.1) is 12.7 Å². The van der Waals surface area contributed by atoms with Crippen LogP contribution in [0.5, 0.6) is 5.75 Å². The summed E-state index contributed by atoms with van der Waals surface area (Å²) in [6.45, 7) is 2.67. The van der Waals surface area contributed by atoms with Crippen molar-refractivity contribution in [3.8, 4) is 5.75 Å². The molecule has 1 aliphatic carbocycles. The van der Waals surface area contributed by atoms with E-state index in [1.807, 2.05) is 31.2 Å². The van der Waals surface area contributed by atoms with Crippen LogP contribution in [-0.4, -0.2) is 17.8 Å². The minimum atomic E-state index is -0.278. The lowest BCUT2D eigenvalue weighted by Crippen LogP contribution is -2.08. The highest BCUT2D eigenvalue weighted by molar-refractivity contribution is 5.67. The molecule has 1 unspecified atom stereocenters. The van der Waals surface area contributed by atoms with Crippen molar-refractivity contribution in [2.24, 2.45) is 0 Å². The summed E-state index contributed by atoms with van der Waals surface area (Å²) in [5.41, 5.74) is 2.41. The first-order valence-corrected chi connectivity index (χ1v) is 5.91. The molecular weight excluding hydrogens is 200 g/mol. The van der Waals surface area contributed by atoms with Gasteiger partial charge in [-0.1, -0.05) is 18.2 Å². The molecule has 2 nitrogen and oxygen atoms in total. The van der Waals surface area contributed by atoms with Gasteiger partial charge in [-0.3, -0.25) is 0 Å². The van der Waals surface area contributed by atoms with Crippen LogP contribution < -0.4 is 4.74 Å².